The zero-order chi connectivity index (χ0) is 10.6. The van der Waals surface area contributed by atoms with Crippen LogP contribution < -0.4 is 10.6 Å². The van der Waals surface area contributed by atoms with Crippen molar-refractivity contribution >= 4 is 15.9 Å². The van der Waals surface area contributed by atoms with Gasteiger partial charge in [-0.05, 0) is 28.1 Å². The van der Waals surface area contributed by atoms with Crippen molar-refractivity contribution in [2.75, 3.05) is 13.7 Å². The molecule has 1 rings (SSSR count). The van der Waals surface area contributed by atoms with E-state index < -0.39 is 0 Å². The van der Waals surface area contributed by atoms with Gasteiger partial charge >= 0.3 is 0 Å². The van der Waals surface area contributed by atoms with E-state index in [1.54, 1.807) is 12.1 Å². The number of methoxy groups -OCH3 is 1. The van der Waals surface area contributed by atoms with Crippen LogP contribution in [0.25, 0.3) is 0 Å². The second-order valence-electron chi connectivity index (χ2n) is 2.66. The first-order valence-corrected chi connectivity index (χ1v) is 4.82. The molecule has 0 spiro atoms. The minimum absolute atomic E-state index is 0.254. The topological polar surface area (TPSA) is 44.5 Å². The molecule has 1 aromatic carbocycles. The third kappa shape index (κ3) is 2.43. The molecule has 0 fully saturated rings. The number of halogens is 2. The van der Waals surface area contributed by atoms with Gasteiger partial charge in [0, 0.05) is 12.0 Å². The van der Waals surface area contributed by atoms with E-state index in [9.17, 15) is 4.39 Å². The van der Waals surface area contributed by atoms with Crippen molar-refractivity contribution in [3.63, 3.8) is 0 Å². The number of nitrogens with two attached hydrogens (primary N) is 1. The molecule has 2 N–H and O–H groups in total. The highest BCUT2D eigenvalue weighted by atomic mass is 79.9. The van der Waals surface area contributed by atoms with Gasteiger partial charge in [-0.2, -0.15) is 0 Å². The molecule has 3 nitrogen and oxygen atoms in total. The Morgan fingerprint density at radius 3 is 2.79 bits per heavy atom. The summed E-state index contributed by atoms with van der Waals surface area (Å²) in [6, 6.07) is 3.29. The summed E-state index contributed by atoms with van der Waals surface area (Å²) >= 11 is 3.10. The van der Waals surface area contributed by atoms with E-state index in [2.05, 4.69) is 20.8 Å². The lowest BCUT2D eigenvalue weighted by Crippen LogP contribution is -2.06. The molecular formula is C9H11BrFNO2. The normalized spacial score (nSPS) is 10.3. The van der Waals surface area contributed by atoms with E-state index in [0.29, 0.717) is 22.2 Å². The molecule has 0 amide bonds. The Morgan fingerprint density at radius 2 is 2.21 bits per heavy atom. The Balaban J connectivity index is 3.01. The van der Waals surface area contributed by atoms with Gasteiger partial charge in [-0.25, -0.2) is 10.3 Å². The van der Waals surface area contributed by atoms with Crippen molar-refractivity contribution in [3.8, 4) is 5.75 Å². The highest BCUT2D eigenvalue weighted by molar-refractivity contribution is 9.10. The zero-order valence-electron chi connectivity index (χ0n) is 7.72. The zero-order valence-corrected chi connectivity index (χ0v) is 9.30. The van der Waals surface area contributed by atoms with E-state index in [0.717, 1.165) is 0 Å². The largest absolute Gasteiger partial charge is 0.496 e. The minimum Gasteiger partial charge on any atom is -0.496 e. The fourth-order valence-electron chi connectivity index (χ4n) is 1.16. The highest BCUT2D eigenvalue weighted by Gasteiger charge is 2.12. The molecule has 78 valence electrons. The van der Waals surface area contributed by atoms with Crippen LogP contribution in [0.15, 0.2) is 16.6 Å². The molecule has 0 aliphatic carbocycles. The number of benzene rings is 1. The first kappa shape index (κ1) is 11.4. The van der Waals surface area contributed by atoms with Crippen LogP contribution in [0.2, 0.25) is 0 Å². The van der Waals surface area contributed by atoms with E-state index >= 15 is 0 Å². The maximum absolute atomic E-state index is 13.5. The van der Waals surface area contributed by atoms with Crippen molar-refractivity contribution in [1.29, 1.82) is 0 Å². The average molecular weight is 264 g/mol. The molecule has 0 aliphatic heterocycles. The fourth-order valence-corrected chi connectivity index (χ4v) is 1.53. The van der Waals surface area contributed by atoms with Gasteiger partial charge in [-0.1, -0.05) is 0 Å². The van der Waals surface area contributed by atoms with Crippen LogP contribution in [0, 0.1) is 5.82 Å². The van der Waals surface area contributed by atoms with Crippen molar-refractivity contribution in [2.24, 2.45) is 5.90 Å². The van der Waals surface area contributed by atoms with Crippen molar-refractivity contribution in [3.05, 3.63) is 28.0 Å². The Hall–Kier alpha value is -0.650. The van der Waals surface area contributed by atoms with Gasteiger partial charge in [0.05, 0.1) is 18.2 Å². The van der Waals surface area contributed by atoms with Crippen LogP contribution in [-0.4, -0.2) is 13.7 Å². The standard InChI is InChI=1S/C9H11BrFNO2/c1-13-8-3-2-7(10)9(11)6(8)4-5-14-12/h2-3H,4-5,12H2,1H3. The third-order valence-corrected chi connectivity index (χ3v) is 2.46. The Labute approximate surface area is 90.1 Å². The molecule has 14 heavy (non-hydrogen) atoms. The van der Waals surface area contributed by atoms with Gasteiger partial charge < -0.3 is 9.57 Å². The Kier molecular flexibility index (Phi) is 4.31. The summed E-state index contributed by atoms with van der Waals surface area (Å²) in [6.07, 6.45) is 0.380. The quantitative estimate of drug-likeness (QED) is 0.846. The van der Waals surface area contributed by atoms with Crippen LogP contribution in [0.3, 0.4) is 0 Å². The molecule has 0 unspecified atom stereocenters. The van der Waals surface area contributed by atoms with Gasteiger partial charge in [0.1, 0.15) is 11.6 Å². The van der Waals surface area contributed by atoms with Gasteiger partial charge in [0.25, 0.3) is 0 Å². The highest BCUT2D eigenvalue weighted by Crippen LogP contribution is 2.27. The molecular weight excluding hydrogens is 253 g/mol. The Morgan fingerprint density at radius 1 is 1.50 bits per heavy atom. The molecule has 0 heterocycles. The summed E-state index contributed by atoms with van der Waals surface area (Å²) in [7, 11) is 1.50. The summed E-state index contributed by atoms with van der Waals surface area (Å²) in [5.74, 6) is 5.05. The molecule has 0 saturated heterocycles. The number of hydrogen-bond acceptors (Lipinski definition) is 3. The molecule has 1 aromatic rings. The maximum atomic E-state index is 13.5. The first-order chi connectivity index (χ1) is 6.70. The second kappa shape index (κ2) is 5.29. The summed E-state index contributed by atoms with van der Waals surface area (Å²) in [6.45, 7) is 0.254. The van der Waals surface area contributed by atoms with E-state index in [1.807, 2.05) is 0 Å². The van der Waals surface area contributed by atoms with E-state index in [-0.39, 0.29) is 12.4 Å². The maximum Gasteiger partial charge on any atom is 0.144 e. The minimum atomic E-state index is -0.332. The first-order valence-electron chi connectivity index (χ1n) is 4.03. The predicted octanol–water partition coefficient (Wildman–Crippen LogP) is 2.03. The molecule has 0 bridgehead atoms. The van der Waals surface area contributed by atoms with Crippen LogP contribution in [0.4, 0.5) is 4.39 Å². The fraction of sp³-hybridized carbons (Fsp3) is 0.333. The second-order valence-corrected chi connectivity index (χ2v) is 3.52. The molecule has 5 heteroatoms. The lowest BCUT2D eigenvalue weighted by Gasteiger charge is -2.09. The van der Waals surface area contributed by atoms with Crippen LogP contribution in [0.5, 0.6) is 5.75 Å². The van der Waals surface area contributed by atoms with Crippen LogP contribution in [0.1, 0.15) is 5.56 Å². The summed E-state index contributed by atoms with van der Waals surface area (Å²) in [5, 5.41) is 0. The summed E-state index contributed by atoms with van der Waals surface area (Å²) in [5.41, 5.74) is 0.465. The molecule has 0 aromatic heterocycles. The number of hydrogen-bond donors (Lipinski definition) is 1. The van der Waals surface area contributed by atoms with E-state index in [4.69, 9.17) is 10.6 Å². The lowest BCUT2D eigenvalue weighted by molar-refractivity contribution is 0.140. The van der Waals surface area contributed by atoms with Crippen molar-refractivity contribution < 1.29 is 14.0 Å². The summed E-state index contributed by atoms with van der Waals surface area (Å²) in [4.78, 5) is 4.40. The number of rotatable bonds is 4. The van der Waals surface area contributed by atoms with Crippen molar-refractivity contribution in [1.82, 2.24) is 0 Å². The third-order valence-electron chi connectivity index (χ3n) is 1.84. The molecule has 0 saturated carbocycles. The number of ether oxygens (including phenoxy) is 1. The van der Waals surface area contributed by atoms with Gasteiger partial charge in [-0.15, -0.1) is 0 Å². The molecule has 0 aliphatic rings. The predicted molar refractivity (Wildman–Crippen MR) is 54.5 cm³/mol. The van der Waals surface area contributed by atoms with Gasteiger partial charge in [0.2, 0.25) is 0 Å². The SMILES string of the molecule is COc1ccc(Br)c(F)c1CCON. The average Bonchev–Trinajstić information content (AvgIpc) is 2.20. The smallest absolute Gasteiger partial charge is 0.144 e. The van der Waals surface area contributed by atoms with Crippen molar-refractivity contribution in [2.45, 2.75) is 6.42 Å². The van der Waals surface area contributed by atoms with Crippen LogP contribution in [-0.2, 0) is 11.3 Å². The molecule has 0 radical (unpaired) electrons. The van der Waals surface area contributed by atoms with Crippen LogP contribution >= 0.6 is 15.9 Å². The summed E-state index contributed by atoms with van der Waals surface area (Å²) < 4.78 is 19.0. The Bertz CT molecular complexity index is 320. The molecule has 0 atom stereocenters. The lowest BCUT2D eigenvalue weighted by atomic mass is 10.1. The van der Waals surface area contributed by atoms with Gasteiger partial charge in [0.15, 0.2) is 0 Å². The monoisotopic (exact) mass is 263 g/mol. The van der Waals surface area contributed by atoms with E-state index in [1.165, 1.54) is 7.11 Å². The van der Waals surface area contributed by atoms with Gasteiger partial charge in [-0.3, -0.25) is 0 Å².